The topological polar surface area (TPSA) is 90.4 Å². The van der Waals surface area contributed by atoms with Crippen molar-refractivity contribution in [2.75, 3.05) is 0 Å². The third kappa shape index (κ3) is 2.68. The monoisotopic (exact) mass is 350 g/mol. The lowest BCUT2D eigenvalue weighted by atomic mass is 10.2. The predicted octanol–water partition coefficient (Wildman–Crippen LogP) is 2.27. The summed E-state index contributed by atoms with van der Waals surface area (Å²) in [5.41, 5.74) is 1.13. The van der Waals surface area contributed by atoms with Gasteiger partial charge >= 0.3 is 0 Å². The van der Waals surface area contributed by atoms with Gasteiger partial charge in [0.25, 0.3) is 11.2 Å². The Labute approximate surface area is 144 Å². The Hall–Kier alpha value is -3.39. The van der Waals surface area contributed by atoms with Crippen LogP contribution in [0.2, 0.25) is 0 Å². The van der Waals surface area contributed by atoms with E-state index in [1.807, 2.05) is 30.3 Å². The molecule has 0 atom stereocenters. The average molecular weight is 350 g/mol. The summed E-state index contributed by atoms with van der Waals surface area (Å²) in [4.78, 5) is 23.6. The summed E-state index contributed by atoms with van der Waals surface area (Å²) in [5.74, 6) is 0.482. The molecule has 8 heteroatoms. The zero-order valence-electron chi connectivity index (χ0n) is 12.7. The van der Waals surface area contributed by atoms with Gasteiger partial charge in [0.05, 0.1) is 9.46 Å². The molecule has 0 fully saturated rings. The highest BCUT2D eigenvalue weighted by molar-refractivity contribution is 7.15. The van der Waals surface area contributed by atoms with Gasteiger partial charge in [-0.25, -0.2) is 4.40 Å². The Bertz CT molecular complexity index is 1200. The maximum atomic E-state index is 12.7. The Morgan fingerprint density at radius 2 is 1.88 bits per heavy atom. The summed E-state index contributed by atoms with van der Waals surface area (Å²) in [5, 5.41) is 19.0. The number of non-ortho nitro benzene ring substituents is 1. The quantitative estimate of drug-likeness (QED) is 0.418. The van der Waals surface area contributed by atoms with Gasteiger partial charge in [-0.15, -0.1) is 10.2 Å². The molecule has 0 saturated carbocycles. The maximum Gasteiger partial charge on any atom is 0.276 e. The van der Waals surface area contributed by atoms with Crippen molar-refractivity contribution in [1.82, 2.24) is 14.6 Å². The summed E-state index contributed by atoms with van der Waals surface area (Å²) < 4.78 is 1.91. The standard InChI is InChI=1S/C17H10N4O3S/c22-16-14(10-11-5-4-8-13(9-11)21(23)24)25-17-19-18-15(20(16)17)12-6-2-1-3-7-12/h1-10H. The number of fused-ring (bicyclic) bond motifs is 1. The second-order valence-electron chi connectivity index (χ2n) is 5.28. The number of benzene rings is 2. The van der Waals surface area contributed by atoms with E-state index in [9.17, 15) is 14.9 Å². The number of aromatic nitrogens is 3. The van der Waals surface area contributed by atoms with E-state index in [1.165, 1.54) is 27.9 Å². The molecule has 0 N–H and O–H groups in total. The maximum absolute atomic E-state index is 12.7. The van der Waals surface area contributed by atoms with Crippen LogP contribution in [0.15, 0.2) is 59.4 Å². The van der Waals surface area contributed by atoms with Gasteiger partial charge in [-0.1, -0.05) is 53.8 Å². The molecular weight excluding hydrogens is 340 g/mol. The third-order valence-corrected chi connectivity index (χ3v) is 4.62. The molecule has 0 aliphatic rings. The van der Waals surface area contributed by atoms with Crippen molar-refractivity contribution in [2.24, 2.45) is 0 Å². The van der Waals surface area contributed by atoms with Crippen molar-refractivity contribution in [3.05, 3.63) is 85.2 Å². The van der Waals surface area contributed by atoms with Crippen LogP contribution in [0.1, 0.15) is 5.56 Å². The number of rotatable bonds is 3. The van der Waals surface area contributed by atoms with Gasteiger partial charge in [-0.2, -0.15) is 0 Å². The third-order valence-electron chi connectivity index (χ3n) is 3.66. The van der Waals surface area contributed by atoms with Gasteiger partial charge in [0, 0.05) is 17.7 Å². The van der Waals surface area contributed by atoms with Crippen LogP contribution in [0.4, 0.5) is 5.69 Å². The van der Waals surface area contributed by atoms with Gasteiger partial charge in [-0.3, -0.25) is 14.9 Å². The highest BCUT2D eigenvalue weighted by Crippen LogP contribution is 2.17. The lowest BCUT2D eigenvalue weighted by molar-refractivity contribution is -0.384. The average Bonchev–Trinajstić information content (AvgIpc) is 3.17. The van der Waals surface area contributed by atoms with Crippen LogP contribution in [-0.2, 0) is 0 Å². The molecule has 0 unspecified atom stereocenters. The lowest BCUT2D eigenvalue weighted by Gasteiger charge is -1.95. The molecule has 2 heterocycles. The number of nitro benzene ring substituents is 1. The lowest BCUT2D eigenvalue weighted by Crippen LogP contribution is -2.23. The molecule has 7 nitrogen and oxygen atoms in total. The fraction of sp³-hybridized carbons (Fsp3) is 0. The second-order valence-corrected chi connectivity index (χ2v) is 6.28. The molecule has 25 heavy (non-hydrogen) atoms. The molecule has 0 aliphatic carbocycles. The van der Waals surface area contributed by atoms with Crippen molar-refractivity contribution in [1.29, 1.82) is 0 Å². The molecule has 2 aromatic carbocycles. The molecule has 0 amide bonds. The number of hydrogen-bond acceptors (Lipinski definition) is 6. The van der Waals surface area contributed by atoms with Crippen LogP contribution < -0.4 is 10.1 Å². The Balaban J connectivity index is 1.89. The number of thiazole rings is 1. The number of nitro groups is 1. The SMILES string of the molecule is O=c1c(=Cc2cccc([N+](=O)[O-])c2)sc2nnc(-c3ccccc3)n12. The predicted molar refractivity (Wildman–Crippen MR) is 94.5 cm³/mol. The van der Waals surface area contributed by atoms with Crippen LogP contribution in [0.3, 0.4) is 0 Å². The first-order valence-electron chi connectivity index (χ1n) is 7.33. The van der Waals surface area contributed by atoms with Crippen molar-refractivity contribution >= 4 is 28.1 Å². The zero-order chi connectivity index (χ0) is 17.4. The Morgan fingerprint density at radius 3 is 2.64 bits per heavy atom. The minimum absolute atomic E-state index is 0.0193. The normalized spacial score (nSPS) is 11.9. The first kappa shape index (κ1) is 15.2. The van der Waals surface area contributed by atoms with Gasteiger partial charge < -0.3 is 0 Å². The van der Waals surface area contributed by atoms with Gasteiger partial charge in [0.2, 0.25) is 4.96 Å². The molecule has 122 valence electrons. The highest BCUT2D eigenvalue weighted by Gasteiger charge is 2.14. The molecule has 0 spiro atoms. The zero-order valence-corrected chi connectivity index (χ0v) is 13.5. The summed E-state index contributed by atoms with van der Waals surface area (Å²) in [6.07, 6.45) is 1.63. The van der Waals surface area contributed by atoms with Gasteiger partial charge in [0.1, 0.15) is 0 Å². The van der Waals surface area contributed by atoms with Crippen molar-refractivity contribution in [3.8, 4) is 11.4 Å². The molecule has 0 saturated heterocycles. The van der Waals surface area contributed by atoms with Crippen molar-refractivity contribution < 1.29 is 4.92 Å². The van der Waals surface area contributed by atoms with E-state index in [0.717, 1.165) is 5.56 Å². The van der Waals surface area contributed by atoms with E-state index in [4.69, 9.17) is 0 Å². The minimum atomic E-state index is -0.464. The molecule has 0 bridgehead atoms. The van der Waals surface area contributed by atoms with Crippen LogP contribution in [0.25, 0.3) is 22.4 Å². The summed E-state index contributed by atoms with van der Waals surface area (Å²) in [6, 6.07) is 15.5. The molecule has 2 aromatic heterocycles. The molecule has 0 aliphatic heterocycles. The fourth-order valence-electron chi connectivity index (χ4n) is 2.52. The molecular formula is C17H10N4O3S. The first-order chi connectivity index (χ1) is 12.1. The van der Waals surface area contributed by atoms with E-state index in [-0.39, 0.29) is 11.2 Å². The van der Waals surface area contributed by atoms with E-state index in [2.05, 4.69) is 10.2 Å². The van der Waals surface area contributed by atoms with Crippen molar-refractivity contribution in [3.63, 3.8) is 0 Å². The van der Waals surface area contributed by atoms with Crippen LogP contribution in [-0.4, -0.2) is 19.5 Å². The fourth-order valence-corrected chi connectivity index (χ4v) is 3.43. The van der Waals surface area contributed by atoms with Crippen molar-refractivity contribution in [2.45, 2.75) is 0 Å². The van der Waals surface area contributed by atoms with E-state index in [0.29, 0.717) is 20.9 Å². The number of nitrogens with zero attached hydrogens (tertiary/aromatic N) is 4. The smallest absolute Gasteiger partial charge is 0.267 e. The largest absolute Gasteiger partial charge is 0.276 e. The van der Waals surface area contributed by atoms with E-state index in [1.54, 1.807) is 18.2 Å². The van der Waals surface area contributed by atoms with Gasteiger partial charge in [0.15, 0.2) is 5.82 Å². The van der Waals surface area contributed by atoms with Crippen LogP contribution in [0, 0.1) is 10.1 Å². The Morgan fingerprint density at radius 1 is 1.08 bits per heavy atom. The van der Waals surface area contributed by atoms with Crippen LogP contribution >= 0.6 is 11.3 Å². The summed E-state index contributed by atoms with van der Waals surface area (Å²) in [7, 11) is 0. The first-order valence-corrected chi connectivity index (χ1v) is 8.15. The molecule has 4 rings (SSSR count). The number of hydrogen-bond donors (Lipinski definition) is 0. The summed E-state index contributed by atoms with van der Waals surface area (Å²) >= 11 is 1.20. The summed E-state index contributed by atoms with van der Waals surface area (Å²) in [6.45, 7) is 0. The van der Waals surface area contributed by atoms with E-state index < -0.39 is 4.92 Å². The molecule has 0 radical (unpaired) electrons. The van der Waals surface area contributed by atoms with E-state index >= 15 is 0 Å². The molecule has 4 aromatic rings. The van der Waals surface area contributed by atoms with Gasteiger partial charge in [-0.05, 0) is 11.6 Å². The Kier molecular flexibility index (Phi) is 3.58. The minimum Gasteiger partial charge on any atom is -0.267 e. The highest BCUT2D eigenvalue weighted by atomic mass is 32.1. The second kappa shape index (κ2) is 5.91. The van der Waals surface area contributed by atoms with Crippen LogP contribution in [0.5, 0.6) is 0 Å².